The minimum atomic E-state index is -0.640. The van der Waals surface area contributed by atoms with Gasteiger partial charge in [0, 0.05) is 33.5 Å². The molecule has 0 aliphatic heterocycles. The number of hydrazone groups is 1. The molecule has 8 heteroatoms. The van der Waals surface area contributed by atoms with Gasteiger partial charge in [-0.1, -0.05) is 0 Å². The van der Waals surface area contributed by atoms with Crippen LogP contribution >= 0.6 is 0 Å². The number of amides is 1. The Morgan fingerprint density at radius 1 is 1.33 bits per heavy atom. The summed E-state index contributed by atoms with van der Waals surface area (Å²) in [5.74, 6) is 5.23. The van der Waals surface area contributed by atoms with E-state index in [2.05, 4.69) is 15.4 Å². The number of rotatable bonds is 8. The van der Waals surface area contributed by atoms with Crippen molar-refractivity contribution < 1.29 is 19.0 Å². The third-order valence-corrected chi connectivity index (χ3v) is 2.17. The van der Waals surface area contributed by atoms with Gasteiger partial charge in [0.1, 0.15) is 11.3 Å². The molecule has 0 saturated carbocycles. The lowest BCUT2D eigenvalue weighted by molar-refractivity contribution is -0.0505. The predicted octanol–water partition coefficient (Wildman–Crippen LogP) is 0.906. The number of carbonyl (C=O) groups excluding carboxylic acids is 1. The molecule has 0 spiro atoms. The van der Waals surface area contributed by atoms with E-state index < -0.39 is 18.0 Å². The first-order valence-corrected chi connectivity index (χ1v) is 6.64. The summed E-state index contributed by atoms with van der Waals surface area (Å²) < 4.78 is 15.1. The minimum Gasteiger partial charge on any atom is -0.444 e. The second kappa shape index (κ2) is 10.1. The molecule has 0 fully saturated rings. The van der Waals surface area contributed by atoms with E-state index in [-0.39, 0.29) is 0 Å². The highest BCUT2D eigenvalue weighted by atomic mass is 16.7. The monoisotopic (exact) mass is 302 g/mol. The van der Waals surface area contributed by atoms with Gasteiger partial charge in [-0.2, -0.15) is 5.10 Å². The van der Waals surface area contributed by atoms with Crippen LogP contribution in [0.5, 0.6) is 0 Å². The number of aliphatic imine (C=N–C) groups is 1. The Kier molecular flexibility index (Phi) is 9.31. The van der Waals surface area contributed by atoms with Crippen molar-refractivity contribution in [3.05, 3.63) is 0 Å². The van der Waals surface area contributed by atoms with Gasteiger partial charge in [0.25, 0.3) is 0 Å². The Hall–Kier alpha value is -1.67. The molecule has 0 bridgehead atoms. The summed E-state index contributed by atoms with van der Waals surface area (Å²) in [6.07, 6.45) is 1.08. The van der Waals surface area contributed by atoms with Gasteiger partial charge in [-0.25, -0.2) is 4.79 Å². The van der Waals surface area contributed by atoms with Crippen LogP contribution in [0, 0.1) is 0 Å². The van der Waals surface area contributed by atoms with Crippen LogP contribution in [-0.4, -0.2) is 57.2 Å². The maximum Gasteiger partial charge on any atom is 0.407 e. The Bertz CT molecular complexity index is 360. The van der Waals surface area contributed by atoms with Gasteiger partial charge in [-0.05, 0) is 27.2 Å². The molecule has 0 aliphatic carbocycles. The number of hydrogen-bond acceptors (Lipinski definition) is 7. The highest BCUT2D eigenvalue weighted by Gasteiger charge is 2.15. The van der Waals surface area contributed by atoms with Crippen molar-refractivity contribution in [3.63, 3.8) is 0 Å². The van der Waals surface area contributed by atoms with Gasteiger partial charge < -0.3 is 25.4 Å². The molecule has 0 aromatic rings. The molecule has 0 aliphatic rings. The number of carbonyl (C=O) groups is 1. The number of methoxy groups -OCH3 is 2. The topological polar surface area (TPSA) is 108 Å². The molecule has 0 rings (SSSR count). The quantitative estimate of drug-likeness (QED) is 0.228. The minimum absolute atomic E-state index is 0.389. The van der Waals surface area contributed by atoms with Gasteiger partial charge >= 0.3 is 6.09 Å². The Labute approximate surface area is 125 Å². The zero-order valence-electron chi connectivity index (χ0n) is 13.4. The van der Waals surface area contributed by atoms with E-state index in [1.807, 2.05) is 20.8 Å². The maximum absolute atomic E-state index is 11.4. The van der Waals surface area contributed by atoms with E-state index in [0.29, 0.717) is 25.2 Å². The molecule has 3 N–H and O–H groups in total. The van der Waals surface area contributed by atoms with Crippen LogP contribution in [0.15, 0.2) is 10.1 Å². The zero-order valence-corrected chi connectivity index (χ0v) is 13.4. The molecule has 0 atom stereocenters. The highest BCUT2D eigenvalue weighted by molar-refractivity contribution is 6.32. The van der Waals surface area contributed by atoms with Crippen molar-refractivity contribution >= 4 is 18.0 Å². The number of hydrogen-bond donors (Lipinski definition) is 2. The Morgan fingerprint density at radius 2 is 1.95 bits per heavy atom. The van der Waals surface area contributed by atoms with Crippen LogP contribution in [0.2, 0.25) is 0 Å². The summed E-state index contributed by atoms with van der Waals surface area (Å²) in [4.78, 5) is 15.5. The third-order valence-electron chi connectivity index (χ3n) is 2.17. The van der Waals surface area contributed by atoms with E-state index >= 15 is 0 Å². The second-order valence-corrected chi connectivity index (χ2v) is 5.17. The molecule has 0 radical (unpaired) electrons. The fourth-order valence-electron chi connectivity index (χ4n) is 1.33. The molecule has 122 valence electrons. The van der Waals surface area contributed by atoms with E-state index in [1.54, 1.807) is 0 Å². The van der Waals surface area contributed by atoms with Crippen molar-refractivity contribution in [2.45, 2.75) is 39.1 Å². The molecule has 0 heterocycles. The third kappa shape index (κ3) is 9.80. The van der Waals surface area contributed by atoms with Crippen LogP contribution in [0.1, 0.15) is 27.2 Å². The van der Waals surface area contributed by atoms with Crippen LogP contribution in [-0.2, 0) is 14.2 Å². The Morgan fingerprint density at radius 3 is 2.43 bits per heavy atom. The summed E-state index contributed by atoms with van der Waals surface area (Å²) in [6.45, 7) is 6.42. The van der Waals surface area contributed by atoms with Crippen molar-refractivity contribution in [2.24, 2.45) is 15.9 Å². The summed E-state index contributed by atoms with van der Waals surface area (Å²) in [5, 5.41) is 6.19. The smallest absolute Gasteiger partial charge is 0.407 e. The molecule has 21 heavy (non-hydrogen) atoms. The molecule has 1 amide bonds. The van der Waals surface area contributed by atoms with Crippen LogP contribution in [0.4, 0.5) is 4.79 Å². The van der Waals surface area contributed by atoms with Crippen molar-refractivity contribution in [3.8, 4) is 0 Å². The molecular formula is C13H26N4O4. The summed E-state index contributed by atoms with van der Waals surface area (Å²) in [6, 6.07) is 0. The van der Waals surface area contributed by atoms with Gasteiger partial charge in [-0.3, -0.25) is 4.99 Å². The number of ether oxygens (including phenoxy) is 3. The summed E-state index contributed by atoms with van der Waals surface area (Å²) in [7, 11) is 2.97. The lowest BCUT2D eigenvalue weighted by atomic mass is 10.2. The molecular weight excluding hydrogens is 276 g/mol. The lowest BCUT2D eigenvalue weighted by Gasteiger charge is -2.19. The highest BCUT2D eigenvalue weighted by Crippen LogP contribution is 2.06. The normalized spacial score (nSPS) is 13.0. The predicted molar refractivity (Wildman–Crippen MR) is 81.6 cm³/mol. The average molecular weight is 302 g/mol. The van der Waals surface area contributed by atoms with Gasteiger partial charge in [0.15, 0.2) is 0 Å². The number of nitrogens with two attached hydrogens (primary N) is 1. The summed E-state index contributed by atoms with van der Waals surface area (Å²) >= 11 is 0. The zero-order chi connectivity index (χ0) is 16.3. The fraction of sp³-hybridized carbons (Fsp3) is 0.769. The first-order chi connectivity index (χ1) is 9.84. The number of nitrogens with zero attached hydrogens (tertiary/aromatic N) is 2. The molecule has 0 aromatic carbocycles. The van der Waals surface area contributed by atoms with Crippen molar-refractivity contribution in [1.82, 2.24) is 5.32 Å². The van der Waals surface area contributed by atoms with Gasteiger partial charge in [-0.15, -0.1) is 0 Å². The first-order valence-electron chi connectivity index (χ1n) is 6.64. The summed E-state index contributed by atoms with van der Waals surface area (Å²) in [5.41, 5.74) is -0.107. The van der Waals surface area contributed by atoms with Gasteiger partial charge in [0.05, 0.1) is 0 Å². The van der Waals surface area contributed by atoms with Crippen molar-refractivity contribution in [1.29, 1.82) is 0 Å². The largest absolute Gasteiger partial charge is 0.444 e. The van der Waals surface area contributed by atoms with Crippen molar-refractivity contribution in [2.75, 3.05) is 27.3 Å². The van der Waals surface area contributed by atoms with Crippen LogP contribution in [0.25, 0.3) is 0 Å². The molecule has 0 unspecified atom stereocenters. The van der Waals surface area contributed by atoms with E-state index in [9.17, 15) is 4.79 Å². The van der Waals surface area contributed by atoms with Gasteiger partial charge in [0.2, 0.25) is 6.29 Å². The van der Waals surface area contributed by atoms with E-state index in [1.165, 1.54) is 20.4 Å². The SMILES string of the molecule is COC(OC)C(C=NCCCNC(=O)OC(C)(C)C)=NN. The molecule has 8 nitrogen and oxygen atoms in total. The fourth-order valence-corrected chi connectivity index (χ4v) is 1.33. The maximum atomic E-state index is 11.4. The second-order valence-electron chi connectivity index (χ2n) is 5.17. The van der Waals surface area contributed by atoms with Crippen LogP contribution in [0.3, 0.4) is 0 Å². The lowest BCUT2D eigenvalue weighted by Crippen LogP contribution is -2.33. The van der Waals surface area contributed by atoms with E-state index in [0.717, 1.165) is 0 Å². The molecule has 0 aromatic heterocycles. The first kappa shape index (κ1) is 19.3. The average Bonchev–Trinajstić information content (AvgIpc) is 2.39. The number of nitrogens with one attached hydrogen (secondary N) is 1. The van der Waals surface area contributed by atoms with Crippen LogP contribution < -0.4 is 11.2 Å². The Balaban J connectivity index is 3.94. The van der Waals surface area contributed by atoms with E-state index in [4.69, 9.17) is 20.1 Å². The standard InChI is InChI=1S/C13H26N4O4/c1-13(2,3)21-12(18)16-8-6-7-15-9-10(17-14)11(19-4)20-5/h9,11H,6-8,14H2,1-5H3,(H,16,18). The molecule has 0 saturated heterocycles. The number of alkyl carbamates (subject to hydrolysis) is 1.